The summed E-state index contributed by atoms with van der Waals surface area (Å²) in [6, 6.07) is 6.01. The molecule has 0 unspecified atom stereocenters. The van der Waals surface area contributed by atoms with Crippen LogP contribution in [0.25, 0.3) is 0 Å². The normalized spacial score (nSPS) is 15.2. The highest BCUT2D eigenvalue weighted by Gasteiger charge is 2.28. The van der Waals surface area contributed by atoms with Crippen molar-refractivity contribution < 1.29 is 23.1 Å². The van der Waals surface area contributed by atoms with Gasteiger partial charge in [0, 0.05) is 31.0 Å². The predicted octanol–water partition coefficient (Wildman–Crippen LogP) is 1.67. The zero-order valence-electron chi connectivity index (χ0n) is 13.0. The molecule has 0 aliphatic carbocycles. The van der Waals surface area contributed by atoms with Crippen molar-refractivity contribution >= 4 is 16.0 Å². The molecule has 0 radical (unpaired) electrons. The maximum atomic E-state index is 12.8. The molecule has 3 rings (SSSR count). The molecule has 0 spiro atoms. The largest absolute Gasteiger partial charge is 0.492 e. The van der Waals surface area contributed by atoms with Gasteiger partial charge in [-0.1, -0.05) is 6.07 Å². The van der Waals surface area contributed by atoms with Crippen LogP contribution < -0.4 is 4.74 Å². The van der Waals surface area contributed by atoms with E-state index in [2.05, 4.69) is 4.98 Å². The van der Waals surface area contributed by atoms with Crippen molar-refractivity contribution in [2.75, 3.05) is 13.2 Å². The van der Waals surface area contributed by atoms with Crippen LogP contribution in [0, 0.1) is 6.92 Å². The molecule has 2 heterocycles. The fourth-order valence-electron chi connectivity index (χ4n) is 2.50. The number of fused-ring (bicyclic) bond motifs is 1. The molecular weight excluding hydrogens is 332 g/mol. The Morgan fingerprint density at radius 3 is 2.79 bits per heavy atom. The average molecular weight is 348 g/mol. The molecule has 24 heavy (non-hydrogen) atoms. The Hall–Kier alpha value is -2.45. The Balaban J connectivity index is 1.95. The SMILES string of the molecule is Cc1cncc(S(=O)(=O)N2CCOc3cc(C(=O)O)ccc3C2)c1. The Kier molecular flexibility index (Phi) is 4.25. The maximum Gasteiger partial charge on any atom is 0.335 e. The fraction of sp³-hybridized carbons (Fsp3) is 0.250. The number of benzene rings is 1. The molecule has 0 saturated carbocycles. The quantitative estimate of drug-likeness (QED) is 0.906. The summed E-state index contributed by atoms with van der Waals surface area (Å²) >= 11 is 0. The van der Waals surface area contributed by atoms with Crippen molar-refractivity contribution in [3.8, 4) is 5.75 Å². The number of aromatic carboxylic acids is 1. The van der Waals surface area contributed by atoms with Crippen LogP contribution in [0.3, 0.4) is 0 Å². The first-order valence-corrected chi connectivity index (χ1v) is 8.73. The molecule has 0 saturated heterocycles. The molecule has 0 bridgehead atoms. The first-order valence-electron chi connectivity index (χ1n) is 7.29. The molecule has 126 valence electrons. The van der Waals surface area contributed by atoms with Crippen LogP contribution in [0.15, 0.2) is 41.6 Å². The lowest BCUT2D eigenvalue weighted by Crippen LogP contribution is -2.32. The average Bonchev–Trinajstić information content (AvgIpc) is 2.76. The lowest BCUT2D eigenvalue weighted by molar-refractivity contribution is 0.0696. The molecule has 0 amide bonds. The first kappa shape index (κ1) is 16.4. The highest BCUT2D eigenvalue weighted by atomic mass is 32.2. The van der Waals surface area contributed by atoms with Crippen LogP contribution in [0.2, 0.25) is 0 Å². The third kappa shape index (κ3) is 3.10. The zero-order valence-corrected chi connectivity index (χ0v) is 13.8. The van der Waals surface area contributed by atoms with E-state index in [0.717, 1.165) is 5.56 Å². The van der Waals surface area contributed by atoms with Gasteiger partial charge in [0.15, 0.2) is 0 Å². The first-order chi connectivity index (χ1) is 11.4. The molecule has 7 nitrogen and oxygen atoms in total. The van der Waals surface area contributed by atoms with Crippen LogP contribution in [0.5, 0.6) is 5.75 Å². The number of carbonyl (C=O) groups is 1. The maximum absolute atomic E-state index is 12.8. The van der Waals surface area contributed by atoms with Gasteiger partial charge in [-0.15, -0.1) is 0 Å². The van der Waals surface area contributed by atoms with Crippen LogP contribution >= 0.6 is 0 Å². The second kappa shape index (κ2) is 6.21. The molecule has 1 aliphatic rings. The van der Waals surface area contributed by atoms with Crippen LogP contribution in [-0.2, 0) is 16.6 Å². The third-order valence-electron chi connectivity index (χ3n) is 3.75. The van der Waals surface area contributed by atoms with Crippen molar-refractivity contribution in [3.63, 3.8) is 0 Å². The van der Waals surface area contributed by atoms with E-state index in [0.29, 0.717) is 11.3 Å². The number of carboxylic acid groups (broad SMARTS) is 1. The van der Waals surface area contributed by atoms with E-state index < -0.39 is 16.0 Å². The third-order valence-corrected chi connectivity index (χ3v) is 5.56. The van der Waals surface area contributed by atoms with Crippen molar-refractivity contribution in [1.29, 1.82) is 0 Å². The van der Waals surface area contributed by atoms with E-state index in [1.54, 1.807) is 25.3 Å². The van der Waals surface area contributed by atoms with Crippen molar-refractivity contribution in [3.05, 3.63) is 53.3 Å². The van der Waals surface area contributed by atoms with Crippen LogP contribution in [-0.4, -0.2) is 41.9 Å². The Labute approximate surface area is 139 Å². The summed E-state index contributed by atoms with van der Waals surface area (Å²) in [5.41, 5.74) is 1.49. The van der Waals surface area contributed by atoms with E-state index in [-0.39, 0.29) is 30.2 Å². The number of carboxylic acids is 1. The number of hydrogen-bond donors (Lipinski definition) is 1. The lowest BCUT2D eigenvalue weighted by Gasteiger charge is -2.19. The summed E-state index contributed by atoms with van der Waals surface area (Å²) in [7, 11) is -3.70. The van der Waals surface area contributed by atoms with Gasteiger partial charge in [-0.25, -0.2) is 13.2 Å². The fourth-order valence-corrected chi connectivity index (χ4v) is 3.95. The molecule has 1 aliphatic heterocycles. The van der Waals surface area contributed by atoms with Crippen LogP contribution in [0.4, 0.5) is 0 Å². The molecule has 1 aromatic carbocycles. The summed E-state index contributed by atoms with van der Waals surface area (Å²) in [6.45, 7) is 2.22. The van der Waals surface area contributed by atoms with Crippen LogP contribution in [0.1, 0.15) is 21.5 Å². The number of rotatable bonds is 3. The van der Waals surface area contributed by atoms with E-state index in [9.17, 15) is 13.2 Å². The van der Waals surface area contributed by atoms with E-state index in [4.69, 9.17) is 9.84 Å². The molecule has 1 N–H and O–H groups in total. The number of ether oxygens (including phenoxy) is 1. The van der Waals surface area contributed by atoms with Gasteiger partial charge in [0.2, 0.25) is 10.0 Å². The standard InChI is InChI=1S/C16H16N2O5S/c1-11-6-14(9-17-8-11)24(21,22)18-4-5-23-15-7-12(16(19)20)2-3-13(15)10-18/h2-3,6-9H,4-5,10H2,1H3,(H,19,20). The van der Waals surface area contributed by atoms with E-state index in [1.807, 2.05) is 0 Å². The molecule has 1 aromatic heterocycles. The summed E-state index contributed by atoms with van der Waals surface area (Å²) in [4.78, 5) is 15.1. The summed E-state index contributed by atoms with van der Waals surface area (Å²) in [5, 5.41) is 9.04. The number of pyridine rings is 1. The van der Waals surface area contributed by atoms with Crippen molar-refractivity contribution in [2.24, 2.45) is 0 Å². The molecule has 0 fully saturated rings. The summed E-state index contributed by atoms with van der Waals surface area (Å²) in [6.07, 6.45) is 2.91. The molecule has 8 heteroatoms. The Morgan fingerprint density at radius 2 is 2.08 bits per heavy atom. The number of nitrogens with zero attached hydrogens (tertiary/aromatic N) is 2. The second-order valence-corrected chi connectivity index (χ2v) is 7.45. The molecule has 0 atom stereocenters. The van der Waals surface area contributed by atoms with E-state index in [1.165, 1.54) is 22.6 Å². The van der Waals surface area contributed by atoms with Crippen molar-refractivity contribution in [1.82, 2.24) is 9.29 Å². The minimum Gasteiger partial charge on any atom is -0.492 e. The van der Waals surface area contributed by atoms with Gasteiger partial charge < -0.3 is 9.84 Å². The van der Waals surface area contributed by atoms with Gasteiger partial charge in [-0.05, 0) is 30.7 Å². The van der Waals surface area contributed by atoms with Gasteiger partial charge in [-0.2, -0.15) is 4.31 Å². The Bertz CT molecular complexity index is 895. The second-order valence-electron chi connectivity index (χ2n) is 5.51. The number of aryl methyl sites for hydroxylation is 1. The van der Waals surface area contributed by atoms with Gasteiger partial charge in [0.1, 0.15) is 17.3 Å². The minimum absolute atomic E-state index is 0.105. The number of sulfonamides is 1. The highest BCUT2D eigenvalue weighted by molar-refractivity contribution is 7.89. The zero-order chi connectivity index (χ0) is 17.3. The summed E-state index contributed by atoms with van der Waals surface area (Å²) in [5.74, 6) is -0.657. The van der Waals surface area contributed by atoms with E-state index >= 15 is 0 Å². The van der Waals surface area contributed by atoms with Gasteiger partial charge in [0.25, 0.3) is 0 Å². The monoisotopic (exact) mass is 348 g/mol. The Morgan fingerprint density at radius 1 is 1.29 bits per heavy atom. The van der Waals surface area contributed by atoms with Gasteiger partial charge in [-0.3, -0.25) is 4.98 Å². The topological polar surface area (TPSA) is 96.8 Å². The van der Waals surface area contributed by atoms with Gasteiger partial charge >= 0.3 is 5.97 Å². The molecule has 2 aromatic rings. The minimum atomic E-state index is -3.70. The van der Waals surface area contributed by atoms with Crippen molar-refractivity contribution in [2.45, 2.75) is 18.4 Å². The highest BCUT2D eigenvalue weighted by Crippen LogP contribution is 2.27. The summed E-state index contributed by atoms with van der Waals surface area (Å²) < 4.78 is 32.5. The number of hydrogen-bond acceptors (Lipinski definition) is 5. The predicted molar refractivity (Wildman–Crippen MR) is 85.5 cm³/mol. The van der Waals surface area contributed by atoms with Gasteiger partial charge in [0.05, 0.1) is 5.56 Å². The lowest BCUT2D eigenvalue weighted by atomic mass is 10.1. The molecular formula is C16H16N2O5S. The number of aromatic nitrogens is 1. The smallest absolute Gasteiger partial charge is 0.335 e.